The third-order valence-electron chi connectivity index (χ3n) is 5.61. The van der Waals surface area contributed by atoms with E-state index >= 15 is 0 Å². The molecule has 0 aromatic heterocycles. The zero-order chi connectivity index (χ0) is 19.8. The molecule has 29 heavy (non-hydrogen) atoms. The van der Waals surface area contributed by atoms with Crippen LogP contribution < -0.4 is 18.9 Å². The fraction of sp³-hybridized carbons (Fsp3) is 0.409. The van der Waals surface area contributed by atoms with Gasteiger partial charge < -0.3 is 23.8 Å². The second kappa shape index (κ2) is 7.48. The molecule has 0 spiro atoms. The summed E-state index contributed by atoms with van der Waals surface area (Å²) in [5.41, 5.74) is 1.18. The summed E-state index contributed by atoms with van der Waals surface area (Å²) in [7, 11) is 0. The van der Waals surface area contributed by atoms with Gasteiger partial charge in [-0.05, 0) is 36.8 Å². The molecule has 0 aliphatic carbocycles. The zero-order valence-corrected chi connectivity index (χ0v) is 16.4. The van der Waals surface area contributed by atoms with Gasteiger partial charge in [-0.15, -0.1) is 0 Å². The van der Waals surface area contributed by atoms with Crippen LogP contribution in [0.5, 0.6) is 23.0 Å². The van der Waals surface area contributed by atoms with Crippen molar-refractivity contribution in [3.05, 3.63) is 48.0 Å². The standard InChI is InChI=1S/C22H24N2O5/c1-15-21(29-19-5-3-2-4-18(19)28-15)22(25)24-10-8-23(9-11-24)13-16-6-7-17-20(12-16)27-14-26-17/h2-7,12,15,21H,8-11,13-14H2,1H3. The van der Waals surface area contributed by atoms with E-state index in [1.165, 1.54) is 5.56 Å². The smallest absolute Gasteiger partial charge is 0.267 e. The molecule has 3 aliphatic rings. The molecule has 5 rings (SSSR count). The van der Waals surface area contributed by atoms with Crippen LogP contribution in [-0.4, -0.2) is 60.9 Å². The summed E-state index contributed by atoms with van der Waals surface area (Å²) in [6.07, 6.45) is -0.922. The first kappa shape index (κ1) is 18.1. The molecule has 7 heteroatoms. The highest BCUT2D eigenvalue weighted by atomic mass is 16.7. The van der Waals surface area contributed by atoms with Gasteiger partial charge >= 0.3 is 0 Å². The molecule has 0 radical (unpaired) electrons. The second-order valence-corrected chi connectivity index (χ2v) is 7.60. The summed E-state index contributed by atoms with van der Waals surface area (Å²) < 4.78 is 22.7. The monoisotopic (exact) mass is 396 g/mol. The fourth-order valence-corrected chi connectivity index (χ4v) is 3.99. The van der Waals surface area contributed by atoms with E-state index in [1.54, 1.807) is 0 Å². The van der Waals surface area contributed by atoms with E-state index in [2.05, 4.69) is 11.0 Å². The maximum absolute atomic E-state index is 13.0. The number of ether oxygens (including phenoxy) is 4. The molecule has 2 unspecified atom stereocenters. The molecule has 3 aliphatic heterocycles. The first-order valence-electron chi connectivity index (χ1n) is 9.99. The molecular formula is C22H24N2O5. The highest BCUT2D eigenvalue weighted by Crippen LogP contribution is 2.34. The average Bonchev–Trinajstić information content (AvgIpc) is 3.21. The molecule has 0 saturated carbocycles. The SMILES string of the molecule is CC1Oc2ccccc2OC1C(=O)N1CCN(Cc2ccc3c(c2)OCO3)CC1. The minimum Gasteiger partial charge on any atom is -0.482 e. The molecule has 1 amide bonds. The van der Waals surface area contributed by atoms with Crippen LogP contribution in [0.25, 0.3) is 0 Å². The molecule has 7 nitrogen and oxygen atoms in total. The number of para-hydroxylation sites is 2. The van der Waals surface area contributed by atoms with E-state index in [0.717, 1.165) is 31.1 Å². The summed E-state index contributed by atoms with van der Waals surface area (Å²) in [6, 6.07) is 13.5. The van der Waals surface area contributed by atoms with Crippen LogP contribution in [0.15, 0.2) is 42.5 Å². The van der Waals surface area contributed by atoms with Crippen LogP contribution in [0.3, 0.4) is 0 Å². The topological polar surface area (TPSA) is 60.5 Å². The third-order valence-corrected chi connectivity index (χ3v) is 5.61. The van der Waals surface area contributed by atoms with Gasteiger partial charge in [0.25, 0.3) is 5.91 Å². The van der Waals surface area contributed by atoms with Gasteiger partial charge in [-0.3, -0.25) is 9.69 Å². The Kier molecular flexibility index (Phi) is 4.67. The Balaban J connectivity index is 1.18. The van der Waals surface area contributed by atoms with Crippen molar-refractivity contribution in [2.24, 2.45) is 0 Å². The molecule has 152 valence electrons. The van der Waals surface area contributed by atoms with Crippen LogP contribution in [0.1, 0.15) is 12.5 Å². The van der Waals surface area contributed by atoms with Crippen LogP contribution >= 0.6 is 0 Å². The summed E-state index contributed by atoms with van der Waals surface area (Å²) in [5.74, 6) is 2.92. The Morgan fingerprint density at radius 1 is 0.931 bits per heavy atom. The maximum Gasteiger partial charge on any atom is 0.267 e. The molecule has 2 atom stereocenters. The molecule has 3 heterocycles. The lowest BCUT2D eigenvalue weighted by Crippen LogP contribution is -2.55. The second-order valence-electron chi connectivity index (χ2n) is 7.60. The molecule has 2 aromatic rings. The first-order chi connectivity index (χ1) is 14.2. The van der Waals surface area contributed by atoms with Crippen molar-refractivity contribution in [1.82, 2.24) is 9.80 Å². The lowest BCUT2D eigenvalue weighted by atomic mass is 10.1. The summed E-state index contributed by atoms with van der Waals surface area (Å²) in [6.45, 7) is 5.99. The van der Waals surface area contributed by atoms with Gasteiger partial charge in [-0.1, -0.05) is 18.2 Å². The minimum absolute atomic E-state index is 0.00488. The fourth-order valence-electron chi connectivity index (χ4n) is 3.99. The predicted octanol–water partition coefficient (Wildman–Crippen LogP) is 2.29. The molecular weight excluding hydrogens is 372 g/mol. The largest absolute Gasteiger partial charge is 0.482 e. The van der Waals surface area contributed by atoms with Crippen molar-refractivity contribution >= 4 is 5.91 Å². The number of carbonyl (C=O) groups excluding carboxylic acids is 1. The molecule has 0 N–H and O–H groups in total. The van der Waals surface area contributed by atoms with Crippen LogP contribution in [0, 0.1) is 0 Å². The van der Waals surface area contributed by atoms with E-state index < -0.39 is 6.10 Å². The summed E-state index contributed by atoms with van der Waals surface area (Å²) in [5, 5.41) is 0. The quantitative estimate of drug-likeness (QED) is 0.794. The Hall–Kier alpha value is -2.93. The number of benzene rings is 2. The summed E-state index contributed by atoms with van der Waals surface area (Å²) >= 11 is 0. The number of hydrogen-bond acceptors (Lipinski definition) is 6. The Morgan fingerprint density at radius 2 is 1.66 bits per heavy atom. The van der Waals surface area contributed by atoms with Crippen molar-refractivity contribution in [2.45, 2.75) is 25.7 Å². The average molecular weight is 396 g/mol. The van der Waals surface area contributed by atoms with Crippen LogP contribution in [0.2, 0.25) is 0 Å². The molecule has 0 bridgehead atoms. The van der Waals surface area contributed by atoms with Crippen molar-refractivity contribution in [3.8, 4) is 23.0 Å². The van der Waals surface area contributed by atoms with E-state index in [4.69, 9.17) is 18.9 Å². The van der Waals surface area contributed by atoms with Crippen molar-refractivity contribution in [1.29, 1.82) is 0 Å². The minimum atomic E-state index is -0.606. The van der Waals surface area contributed by atoms with Crippen molar-refractivity contribution in [3.63, 3.8) is 0 Å². The molecule has 2 aromatic carbocycles. The zero-order valence-electron chi connectivity index (χ0n) is 16.4. The number of carbonyl (C=O) groups is 1. The number of nitrogens with zero attached hydrogens (tertiary/aromatic N) is 2. The van der Waals surface area contributed by atoms with Crippen LogP contribution in [-0.2, 0) is 11.3 Å². The molecule has 1 fully saturated rings. The number of rotatable bonds is 3. The Bertz CT molecular complexity index is 910. The van der Waals surface area contributed by atoms with Gasteiger partial charge in [0.15, 0.2) is 23.0 Å². The lowest BCUT2D eigenvalue weighted by Gasteiger charge is -2.38. The maximum atomic E-state index is 13.0. The highest BCUT2D eigenvalue weighted by molar-refractivity contribution is 5.82. The number of piperazine rings is 1. The first-order valence-corrected chi connectivity index (χ1v) is 9.99. The van der Waals surface area contributed by atoms with Crippen molar-refractivity contribution < 1.29 is 23.7 Å². The van der Waals surface area contributed by atoms with E-state index in [0.29, 0.717) is 24.6 Å². The highest BCUT2D eigenvalue weighted by Gasteiger charge is 2.37. The Morgan fingerprint density at radius 3 is 2.45 bits per heavy atom. The van der Waals surface area contributed by atoms with Crippen molar-refractivity contribution in [2.75, 3.05) is 33.0 Å². The van der Waals surface area contributed by atoms with Gasteiger partial charge in [0.05, 0.1) is 0 Å². The van der Waals surface area contributed by atoms with Gasteiger partial charge in [-0.2, -0.15) is 0 Å². The third kappa shape index (κ3) is 3.58. The van der Waals surface area contributed by atoms with Gasteiger partial charge in [0, 0.05) is 32.7 Å². The van der Waals surface area contributed by atoms with Gasteiger partial charge in [0.2, 0.25) is 12.9 Å². The number of amides is 1. The predicted molar refractivity (Wildman–Crippen MR) is 105 cm³/mol. The van der Waals surface area contributed by atoms with E-state index in [9.17, 15) is 4.79 Å². The van der Waals surface area contributed by atoms with Gasteiger partial charge in [-0.25, -0.2) is 0 Å². The normalized spacial score (nSPS) is 23.1. The Labute approximate surface area is 169 Å². The number of fused-ring (bicyclic) bond motifs is 2. The number of hydrogen-bond donors (Lipinski definition) is 0. The summed E-state index contributed by atoms with van der Waals surface area (Å²) in [4.78, 5) is 17.3. The van der Waals surface area contributed by atoms with Crippen LogP contribution in [0.4, 0.5) is 0 Å². The lowest BCUT2D eigenvalue weighted by molar-refractivity contribution is -0.146. The molecule has 1 saturated heterocycles. The van der Waals surface area contributed by atoms with E-state index in [-0.39, 0.29) is 18.8 Å². The van der Waals surface area contributed by atoms with Gasteiger partial charge in [0.1, 0.15) is 6.10 Å². The van der Waals surface area contributed by atoms with E-state index in [1.807, 2.05) is 48.2 Å².